The van der Waals surface area contributed by atoms with E-state index in [1.54, 1.807) is 37.7 Å². The third kappa shape index (κ3) is 4.39. The lowest BCUT2D eigenvalue weighted by Gasteiger charge is -2.32. The van der Waals surface area contributed by atoms with Crippen LogP contribution in [0.3, 0.4) is 0 Å². The number of benzene rings is 1. The van der Waals surface area contributed by atoms with Crippen molar-refractivity contribution in [2.24, 2.45) is 5.92 Å². The normalized spacial score (nSPS) is 14.7. The molecule has 1 aromatic carbocycles. The summed E-state index contributed by atoms with van der Waals surface area (Å²) in [6.45, 7) is 2.02. The number of likely N-dealkylation sites (tertiary alicyclic amines) is 1. The van der Waals surface area contributed by atoms with Gasteiger partial charge in [-0.15, -0.1) is 0 Å². The topological polar surface area (TPSA) is 71.5 Å². The highest BCUT2D eigenvalue weighted by molar-refractivity contribution is 5.95. The van der Waals surface area contributed by atoms with Gasteiger partial charge in [0.15, 0.2) is 0 Å². The Morgan fingerprint density at radius 3 is 2.65 bits per heavy atom. The zero-order valence-electron chi connectivity index (χ0n) is 14.9. The van der Waals surface area contributed by atoms with Gasteiger partial charge < -0.3 is 15.0 Å². The minimum atomic E-state index is -0.104. The highest BCUT2D eigenvalue weighted by Gasteiger charge is 2.24. The molecule has 1 N–H and O–H groups in total. The van der Waals surface area contributed by atoms with Gasteiger partial charge in [-0.05, 0) is 49.1 Å². The van der Waals surface area contributed by atoms with Gasteiger partial charge in [-0.2, -0.15) is 0 Å². The fourth-order valence-electron chi connectivity index (χ4n) is 3.12. The molecule has 26 heavy (non-hydrogen) atoms. The number of nitrogens with one attached hydrogen (secondary N) is 1. The fourth-order valence-corrected chi connectivity index (χ4v) is 3.12. The van der Waals surface area contributed by atoms with Crippen molar-refractivity contribution in [1.29, 1.82) is 0 Å². The highest BCUT2D eigenvalue weighted by Crippen LogP contribution is 2.20. The Labute approximate surface area is 153 Å². The molecule has 2 amide bonds. The molecule has 0 radical (unpaired) electrons. The lowest BCUT2D eigenvalue weighted by atomic mass is 9.96. The summed E-state index contributed by atoms with van der Waals surface area (Å²) in [7, 11) is 1.59. The Bertz CT molecular complexity index is 756. The van der Waals surface area contributed by atoms with E-state index in [0.717, 1.165) is 12.8 Å². The van der Waals surface area contributed by atoms with E-state index in [2.05, 4.69) is 10.3 Å². The van der Waals surface area contributed by atoms with E-state index in [4.69, 9.17) is 4.74 Å². The molecule has 0 unspecified atom stereocenters. The lowest BCUT2D eigenvalue weighted by Crippen LogP contribution is -2.41. The second-order valence-electron chi connectivity index (χ2n) is 6.42. The molecule has 6 nitrogen and oxygen atoms in total. The van der Waals surface area contributed by atoms with Gasteiger partial charge in [-0.3, -0.25) is 14.6 Å². The van der Waals surface area contributed by atoms with Crippen LogP contribution in [0.5, 0.6) is 5.75 Å². The van der Waals surface area contributed by atoms with Crippen LogP contribution in [0.1, 0.15) is 33.6 Å². The molecule has 2 aromatic rings. The molecule has 2 heterocycles. The van der Waals surface area contributed by atoms with Gasteiger partial charge in [0.2, 0.25) is 0 Å². The second-order valence-corrected chi connectivity index (χ2v) is 6.42. The molecule has 0 saturated carbocycles. The van der Waals surface area contributed by atoms with Gasteiger partial charge in [-0.25, -0.2) is 0 Å². The third-order valence-corrected chi connectivity index (χ3v) is 4.69. The molecular formula is C20H23N3O3. The van der Waals surface area contributed by atoms with Crippen LogP contribution in [-0.2, 0) is 0 Å². The Morgan fingerprint density at radius 2 is 1.96 bits per heavy atom. The number of piperidine rings is 1. The number of pyridine rings is 1. The molecule has 1 fully saturated rings. The van der Waals surface area contributed by atoms with E-state index in [1.165, 1.54) is 0 Å². The summed E-state index contributed by atoms with van der Waals surface area (Å²) in [6, 6.07) is 10.7. The minimum absolute atomic E-state index is 0.0294. The van der Waals surface area contributed by atoms with E-state index >= 15 is 0 Å². The van der Waals surface area contributed by atoms with Crippen molar-refractivity contribution in [3.05, 3.63) is 59.9 Å². The van der Waals surface area contributed by atoms with E-state index in [-0.39, 0.29) is 11.8 Å². The molecule has 3 rings (SSSR count). The predicted molar refractivity (Wildman–Crippen MR) is 98.2 cm³/mol. The van der Waals surface area contributed by atoms with Crippen LogP contribution >= 0.6 is 0 Å². The van der Waals surface area contributed by atoms with Crippen LogP contribution in [-0.4, -0.2) is 48.4 Å². The monoisotopic (exact) mass is 353 g/mol. The van der Waals surface area contributed by atoms with E-state index in [0.29, 0.717) is 42.4 Å². The number of aromatic nitrogens is 1. The van der Waals surface area contributed by atoms with E-state index < -0.39 is 0 Å². The largest absolute Gasteiger partial charge is 0.497 e. The van der Waals surface area contributed by atoms with Crippen LogP contribution in [0.2, 0.25) is 0 Å². The van der Waals surface area contributed by atoms with Crippen molar-refractivity contribution < 1.29 is 14.3 Å². The first-order valence-electron chi connectivity index (χ1n) is 8.79. The van der Waals surface area contributed by atoms with Gasteiger partial charge in [0, 0.05) is 37.6 Å². The fraction of sp³-hybridized carbons (Fsp3) is 0.350. The Kier molecular flexibility index (Phi) is 5.84. The molecule has 0 atom stereocenters. The first-order valence-corrected chi connectivity index (χ1v) is 8.79. The molecule has 1 aromatic heterocycles. The Hall–Kier alpha value is -2.89. The number of carbonyl (C=O) groups is 2. The average molecular weight is 353 g/mol. The Morgan fingerprint density at radius 1 is 1.19 bits per heavy atom. The molecule has 0 aliphatic carbocycles. The number of methoxy groups -OCH3 is 1. The van der Waals surface area contributed by atoms with Gasteiger partial charge in [0.25, 0.3) is 11.8 Å². The summed E-state index contributed by atoms with van der Waals surface area (Å²) in [5.41, 5.74) is 1.21. The Balaban J connectivity index is 1.48. The molecule has 0 spiro atoms. The summed E-state index contributed by atoms with van der Waals surface area (Å²) in [6.07, 6.45) is 4.96. The van der Waals surface area contributed by atoms with Gasteiger partial charge >= 0.3 is 0 Å². The maximum absolute atomic E-state index is 12.6. The number of carbonyl (C=O) groups excluding carboxylic acids is 2. The zero-order chi connectivity index (χ0) is 18.4. The van der Waals surface area contributed by atoms with Crippen LogP contribution in [0, 0.1) is 5.92 Å². The third-order valence-electron chi connectivity index (χ3n) is 4.69. The van der Waals surface area contributed by atoms with Crippen LogP contribution in [0.25, 0.3) is 0 Å². The van der Waals surface area contributed by atoms with E-state index in [1.807, 2.05) is 23.1 Å². The van der Waals surface area contributed by atoms with Crippen LogP contribution in [0.15, 0.2) is 48.8 Å². The first kappa shape index (κ1) is 17.9. The first-order chi connectivity index (χ1) is 12.7. The minimum Gasteiger partial charge on any atom is -0.497 e. The van der Waals surface area contributed by atoms with Crippen molar-refractivity contribution in [3.8, 4) is 5.75 Å². The quantitative estimate of drug-likeness (QED) is 0.896. The number of nitrogens with zero attached hydrogens (tertiary/aromatic N) is 2. The molecule has 1 saturated heterocycles. The highest BCUT2D eigenvalue weighted by atomic mass is 16.5. The number of hydrogen-bond donors (Lipinski definition) is 1. The summed E-state index contributed by atoms with van der Waals surface area (Å²) >= 11 is 0. The van der Waals surface area contributed by atoms with Gasteiger partial charge in [0.1, 0.15) is 5.75 Å². The number of hydrogen-bond acceptors (Lipinski definition) is 4. The smallest absolute Gasteiger partial charge is 0.253 e. The SMILES string of the molecule is COc1cccc(C(=O)N2CCC(CNC(=O)c3cccnc3)CC2)c1. The predicted octanol–water partition coefficient (Wildman–Crippen LogP) is 2.37. The summed E-state index contributed by atoms with van der Waals surface area (Å²) in [5.74, 6) is 0.989. The number of rotatable bonds is 5. The number of ether oxygens (including phenoxy) is 1. The van der Waals surface area contributed by atoms with Crippen molar-refractivity contribution in [1.82, 2.24) is 15.2 Å². The lowest BCUT2D eigenvalue weighted by molar-refractivity contribution is 0.0684. The number of amides is 2. The summed E-state index contributed by atoms with van der Waals surface area (Å²) < 4.78 is 5.18. The standard InChI is InChI=1S/C20H23N3O3/c1-26-18-6-2-4-16(12-18)20(25)23-10-7-15(8-11-23)13-22-19(24)17-5-3-9-21-14-17/h2-6,9,12,14-15H,7-8,10-11,13H2,1H3,(H,22,24). The molecular weight excluding hydrogens is 330 g/mol. The van der Waals surface area contributed by atoms with Crippen molar-refractivity contribution in [2.45, 2.75) is 12.8 Å². The maximum atomic E-state index is 12.6. The molecule has 0 bridgehead atoms. The maximum Gasteiger partial charge on any atom is 0.253 e. The molecule has 1 aliphatic heterocycles. The summed E-state index contributed by atoms with van der Waals surface area (Å²) in [5, 5.41) is 2.96. The van der Waals surface area contributed by atoms with Crippen molar-refractivity contribution in [3.63, 3.8) is 0 Å². The average Bonchev–Trinajstić information content (AvgIpc) is 2.72. The van der Waals surface area contributed by atoms with Crippen LogP contribution < -0.4 is 10.1 Å². The van der Waals surface area contributed by atoms with Gasteiger partial charge in [-0.1, -0.05) is 6.07 Å². The van der Waals surface area contributed by atoms with E-state index in [9.17, 15) is 9.59 Å². The van der Waals surface area contributed by atoms with Gasteiger partial charge in [0.05, 0.1) is 12.7 Å². The van der Waals surface area contributed by atoms with Crippen molar-refractivity contribution in [2.75, 3.05) is 26.7 Å². The molecule has 136 valence electrons. The molecule has 1 aliphatic rings. The summed E-state index contributed by atoms with van der Waals surface area (Å²) in [4.78, 5) is 30.5. The van der Waals surface area contributed by atoms with Crippen molar-refractivity contribution >= 4 is 11.8 Å². The molecule has 6 heteroatoms. The second kappa shape index (κ2) is 8.47. The zero-order valence-corrected chi connectivity index (χ0v) is 14.9. The van der Waals surface area contributed by atoms with Crippen LogP contribution in [0.4, 0.5) is 0 Å².